The Kier molecular flexibility index (Phi) is 8.88. The van der Waals surface area contributed by atoms with E-state index in [0.29, 0.717) is 40.0 Å². The lowest BCUT2D eigenvalue weighted by molar-refractivity contribution is 0.0600. The van der Waals surface area contributed by atoms with E-state index in [1.165, 1.54) is 19.2 Å². The van der Waals surface area contributed by atoms with Gasteiger partial charge in [0.2, 0.25) is 0 Å². The number of benzene rings is 4. The van der Waals surface area contributed by atoms with Crippen molar-refractivity contribution in [3.8, 4) is 33.8 Å². The number of rotatable bonds is 8. The highest BCUT2D eigenvalue weighted by atomic mass is 19.1. The Labute approximate surface area is 244 Å². The summed E-state index contributed by atoms with van der Waals surface area (Å²) in [4.78, 5) is 11.8. The average molecular weight is 573 g/mol. The maximum absolute atomic E-state index is 14.3. The minimum absolute atomic E-state index is 0.0382. The molecule has 4 aromatic rings. The molecule has 0 amide bonds. The first-order chi connectivity index (χ1) is 20.4. The molecule has 1 N–H and O–H groups in total. The molecular weight excluding hydrogens is 538 g/mol. The summed E-state index contributed by atoms with van der Waals surface area (Å²) >= 11 is 0. The molecule has 2 aliphatic rings. The maximum Gasteiger partial charge on any atom is 0.337 e. The summed E-state index contributed by atoms with van der Waals surface area (Å²) in [5.74, 6) is 1.16. The zero-order valence-corrected chi connectivity index (χ0v) is 24.0. The van der Waals surface area contributed by atoms with Gasteiger partial charge in [-0.05, 0) is 120 Å². The van der Waals surface area contributed by atoms with Gasteiger partial charge < -0.3 is 19.3 Å². The predicted octanol–water partition coefficient (Wildman–Crippen LogP) is 8.04. The predicted molar refractivity (Wildman–Crippen MR) is 158 cm³/mol. The molecule has 0 bridgehead atoms. The smallest absolute Gasteiger partial charge is 0.337 e. The van der Waals surface area contributed by atoms with Gasteiger partial charge in [0.15, 0.2) is 0 Å². The standard InChI is InChI=1S/C18H17FO3.C17H17FO2/c1-21-13-6-8-17(19)16(10-13)15-9-12(18(20)22-2)5-7-14(15)11-3-4-11;1-20-13-5-7-17(18)16(9-13)15-8-11(10-19)2-6-14(15)12-3-4-12/h5-11H,3-4H2,1-2H3;2,5-9,12,19H,3-4,10H2,1H3. The van der Waals surface area contributed by atoms with Gasteiger partial charge in [-0.3, -0.25) is 0 Å². The minimum Gasteiger partial charge on any atom is -0.497 e. The molecule has 42 heavy (non-hydrogen) atoms. The van der Waals surface area contributed by atoms with Gasteiger partial charge in [0, 0.05) is 11.1 Å². The first kappa shape index (κ1) is 29.3. The molecule has 7 heteroatoms. The van der Waals surface area contributed by atoms with Crippen LogP contribution in [0.1, 0.15) is 64.6 Å². The van der Waals surface area contributed by atoms with Crippen LogP contribution >= 0.6 is 0 Å². The molecule has 0 atom stereocenters. The molecule has 6 rings (SSSR count). The second kappa shape index (κ2) is 12.7. The summed E-state index contributed by atoms with van der Waals surface area (Å²) in [5.41, 5.74) is 6.05. The van der Waals surface area contributed by atoms with Crippen molar-refractivity contribution in [2.24, 2.45) is 0 Å². The number of carbonyl (C=O) groups is 1. The van der Waals surface area contributed by atoms with Crippen molar-refractivity contribution in [2.75, 3.05) is 21.3 Å². The third kappa shape index (κ3) is 6.47. The van der Waals surface area contributed by atoms with Gasteiger partial charge in [-0.1, -0.05) is 18.2 Å². The fourth-order valence-electron chi connectivity index (χ4n) is 5.15. The quantitative estimate of drug-likeness (QED) is 0.217. The molecule has 218 valence electrons. The van der Waals surface area contributed by atoms with E-state index >= 15 is 0 Å². The van der Waals surface area contributed by atoms with Crippen LogP contribution in [0.15, 0.2) is 72.8 Å². The third-order valence-electron chi connectivity index (χ3n) is 7.74. The molecule has 0 unspecified atom stereocenters. The van der Waals surface area contributed by atoms with Crippen LogP contribution in [0, 0.1) is 11.6 Å². The Bertz CT molecular complexity index is 1590. The van der Waals surface area contributed by atoms with Crippen LogP contribution in [0.2, 0.25) is 0 Å². The highest BCUT2D eigenvalue weighted by Crippen LogP contribution is 2.46. The molecule has 2 saturated carbocycles. The largest absolute Gasteiger partial charge is 0.497 e. The molecule has 0 spiro atoms. The van der Waals surface area contributed by atoms with E-state index in [9.17, 15) is 18.7 Å². The van der Waals surface area contributed by atoms with E-state index in [-0.39, 0.29) is 18.2 Å². The fourth-order valence-corrected chi connectivity index (χ4v) is 5.15. The van der Waals surface area contributed by atoms with Crippen molar-refractivity contribution < 1.29 is 32.9 Å². The van der Waals surface area contributed by atoms with Crippen LogP contribution < -0.4 is 9.47 Å². The SMILES string of the molecule is COC(=O)c1ccc(C2CC2)c(-c2cc(OC)ccc2F)c1.COc1ccc(F)c(-c2cc(CO)ccc2C2CC2)c1. The Morgan fingerprint density at radius 1 is 0.690 bits per heavy atom. The summed E-state index contributed by atoms with van der Waals surface area (Å²) in [6, 6.07) is 20.5. The monoisotopic (exact) mass is 572 g/mol. The zero-order chi connectivity index (χ0) is 29.8. The van der Waals surface area contributed by atoms with Crippen molar-refractivity contribution >= 4 is 5.97 Å². The molecule has 2 fully saturated rings. The number of halogens is 2. The Morgan fingerprint density at radius 3 is 1.64 bits per heavy atom. The number of aliphatic hydroxyl groups excluding tert-OH is 1. The normalized spacial score (nSPS) is 14.0. The van der Waals surface area contributed by atoms with E-state index in [0.717, 1.165) is 53.5 Å². The van der Waals surface area contributed by atoms with Crippen molar-refractivity contribution in [3.05, 3.63) is 107 Å². The van der Waals surface area contributed by atoms with Gasteiger partial charge in [-0.25, -0.2) is 13.6 Å². The zero-order valence-electron chi connectivity index (χ0n) is 24.0. The van der Waals surface area contributed by atoms with Crippen LogP contribution in [0.5, 0.6) is 11.5 Å². The highest BCUT2D eigenvalue weighted by molar-refractivity contribution is 5.91. The molecule has 4 aromatic carbocycles. The molecule has 5 nitrogen and oxygen atoms in total. The van der Waals surface area contributed by atoms with Crippen LogP contribution in [0.25, 0.3) is 22.3 Å². The number of aliphatic hydroxyl groups is 1. The lowest BCUT2D eigenvalue weighted by Crippen LogP contribution is -2.03. The third-order valence-corrected chi connectivity index (χ3v) is 7.74. The van der Waals surface area contributed by atoms with Gasteiger partial charge in [0.1, 0.15) is 23.1 Å². The first-order valence-corrected chi connectivity index (χ1v) is 14.0. The van der Waals surface area contributed by atoms with Gasteiger partial charge >= 0.3 is 5.97 Å². The van der Waals surface area contributed by atoms with E-state index in [4.69, 9.17) is 14.2 Å². The summed E-state index contributed by atoms with van der Waals surface area (Å²) in [6.07, 6.45) is 4.49. The van der Waals surface area contributed by atoms with E-state index in [2.05, 4.69) is 0 Å². The topological polar surface area (TPSA) is 65.0 Å². The second-order valence-electron chi connectivity index (χ2n) is 10.6. The lowest BCUT2D eigenvalue weighted by Gasteiger charge is -2.13. The Balaban J connectivity index is 0.000000169. The van der Waals surface area contributed by atoms with Crippen LogP contribution in [0.3, 0.4) is 0 Å². The second-order valence-corrected chi connectivity index (χ2v) is 10.6. The van der Waals surface area contributed by atoms with Gasteiger partial charge in [0.25, 0.3) is 0 Å². The molecular formula is C35H34F2O5. The maximum atomic E-state index is 14.3. The van der Waals surface area contributed by atoms with E-state index < -0.39 is 5.97 Å². The van der Waals surface area contributed by atoms with Crippen LogP contribution in [0.4, 0.5) is 8.78 Å². The van der Waals surface area contributed by atoms with Crippen molar-refractivity contribution in [2.45, 2.75) is 44.1 Å². The molecule has 0 radical (unpaired) electrons. The van der Waals surface area contributed by atoms with E-state index in [1.54, 1.807) is 50.6 Å². The van der Waals surface area contributed by atoms with Crippen molar-refractivity contribution in [1.29, 1.82) is 0 Å². The minimum atomic E-state index is -0.424. The number of esters is 1. The highest BCUT2D eigenvalue weighted by Gasteiger charge is 2.29. The fraction of sp³-hybridized carbons (Fsp3) is 0.286. The van der Waals surface area contributed by atoms with E-state index in [1.807, 2.05) is 24.3 Å². The summed E-state index contributed by atoms with van der Waals surface area (Å²) in [7, 11) is 4.45. The average Bonchev–Trinajstić information content (AvgIpc) is 3.95. The number of ether oxygens (including phenoxy) is 3. The lowest BCUT2D eigenvalue weighted by atomic mass is 9.94. The van der Waals surface area contributed by atoms with Gasteiger partial charge in [0.05, 0.1) is 33.5 Å². The molecule has 0 saturated heterocycles. The molecule has 2 aliphatic carbocycles. The number of methoxy groups -OCH3 is 3. The summed E-state index contributed by atoms with van der Waals surface area (Å²) in [5, 5.41) is 9.31. The van der Waals surface area contributed by atoms with Crippen molar-refractivity contribution in [1.82, 2.24) is 0 Å². The van der Waals surface area contributed by atoms with Crippen molar-refractivity contribution in [3.63, 3.8) is 0 Å². The number of hydrogen-bond acceptors (Lipinski definition) is 5. The first-order valence-electron chi connectivity index (χ1n) is 14.0. The summed E-state index contributed by atoms with van der Waals surface area (Å²) in [6.45, 7) is -0.0382. The number of carbonyl (C=O) groups excluding carboxylic acids is 1. The van der Waals surface area contributed by atoms with Crippen LogP contribution in [-0.4, -0.2) is 32.4 Å². The number of hydrogen-bond donors (Lipinski definition) is 1. The van der Waals surface area contributed by atoms with Gasteiger partial charge in [-0.2, -0.15) is 0 Å². The Hall–Kier alpha value is -4.23. The Morgan fingerprint density at radius 2 is 1.19 bits per heavy atom. The molecule has 0 heterocycles. The molecule has 0 aromatic heterocycles. The summed E-state index contributed by atoms with van der Waals surface area (Å²) < 4.78 is 43.6. The van der Waals surface area contributed by atoms with Crippen LogP contribution in [-0.2, 0) is 11.3 Å². The van der Waals surface area contributed by atoms with Gasteiger partial charge in [-0.15, -0.1) is 0 Å². The molecule has 0 aliphatic heterocycles.